The molecule has 12 rings (SSSR count). The molecule has 3 nitrogen and oxygen atoms in total. The second kappa shape index (κ2) is 10.9. The summed E-state index contributed by atoms with van der Waals surface area (Å²) in [6.45, 7) is 4.69. The van der Waals surface area contributed by atoms with Crippen molar-refractivity contribution in [3.8, 4) is 56.4 Å². The van der Waals surface area contributed by atoms with E-state index in [1.807, 2.05) is 30.3 Å². The van der Waals surface area contributed by atoms with E-state index < -0.39 is 5.41 Å². The molecule has 8 aromatic rings. The van der Waals surface area contributed by atoms with Crippen LogP contribution < -0.4 is 14.4 Å². The molecule has 3 heteroatoms. The van der Waals surface area contributed by atoms with Gasteiger partial charge in [0.2, 0.25) is 0 Å². The number of benzene rings is 8. The first-order valence-corrected chi connectivity index (χ1v) is 19.1. The molecule has 3 aliphatic carbocycles. The van der Waals surface area contributed by atoms with Crippen molar-refractivity contribution in [3.05, 3.63) is 209 Å². The molecule has 1 aliphatic heterocycles. The van der Waals surface area contributed by atoms with Gasteiger partial charge in [0.25, 0.3) is 0 Å². The highest BCUT2D eigenvalue weighted by atomic mass is 16.6. The van der Waals surface area contributed by atoms with Crippen LogP contribution in [0.4, 0.5) is 17.1 Å². The molecule has 1 spiro atoms. The second-order valence-corrected chi connectivity index (χ2v) is 15.6. The van der Waals surface area contributed by atoms with Crippen LogP contribution in [-0.2, 0) is 10.8 Å². The Morgan fingerprint density at radius 1 is 0.327 bits per heavy atom. The van der Waals surface area contributed by atoms with E-state index in [4.69, 9.17) is 9.47 Å². The van der Waals surface area contributed by atoms with Crippen LogP contribution in [-0.4, -0.2) is 0 Å². The van der Waals surface area contributed by atoms with Crippen LogP contribution in [0.2, 0.25) is 0 Å². The Hall–Kier alpha value is -6.84. The molecule has 0 saturated carbocycles. The first kappa shape index (κ1) is 30.6. The van der Waals surface area contributed by atoms with Crippen LogP contribution in [0.3, 0.4) is 0 Å². The van der Waals surface area contributed by atoms with E-state index in [0.29, 0.717) is 17.2 Å². The third-order valence-electron chi connectivity index (χ3n) is 12.5. The summed E-state index contributed by atoms with van der Waals surface area (Å²) in [5, 5.41) is 0. The molecule has 0 unspecified atom stereocenters. The van der Waals surface area contributed by atoms with E-state index in [0.717, 1.165) is 22.8 Å². The summed E-state index contributed by atoms with van der Waals surface area (Å²) >= 11 is 0. The normalized spacial score (nSPS) is 14.9. The zero-order valence-corrected chi connectivity index (χ0v) is 30.5. The maximum atomic E-state index is 6.51. The minimum atomic E-state index is -0.446. The molecule has 1 heterocycles. The highest BCUT2D eigenvalue weighted by Crippen LogP contribution is 2.63. The van der Waals surface area contributed by atoms with Gasteiger partial charge < -0.3 is 14.4 Å². The third kappa shape index (κ3) is 4.00. The minimum Gasteiger partial charge on any atom is -0.450 e. The van der Waals surface area contributed by atoms with Gasteiger partial charge in [-0.1, -0.05) is 135 Å². The number of anilines is 3. The van der Waals surface area contributed by atoms with Crippen LogP contribution in [0.5, 0.6) is 23.0 Å². The maximum absolute atomic E-state index is 6.51. The Morgan fingerprint density at radius 2 is 0.709 bits per heavy atom. The molecule has 8 aromatic carbocycles. The molecular weight excluding hydrogens is 671 g/mol. The summed E-state index contributed by atoms with van der Waals surface area (Å²) in [5.74, 6) is 2.83. The Balaban J connectivity index is 1.10. The van der Waals surface area contributed by atoms with Gasteiger partial charge in [0, 0.05) is 22.9 Å². The standard InChI is InChI=1S/C52H35NO2/c1-51(2)41-17-7-3-13-35(41)39-26-23-32(29-45(39)51)53(34-25-28-49-50(31-34)55-48-22-12-11-21-47(48)54-49)33-24-27-40-38-16-6-10-20-44(38)52(46(40)30-33)42-18-8-4-14-36(42)37-15-5-9-19-43(37)52/h3-31H,1-2H3. The summed E-state index contributed by atoms with van der Waals surface area (Å²) in [4.78, 5) is 2.40. The molecule has 260 valence electrons. The van der Waals surface area contributed by atoms with Crippen molar-refractivity contribution in [1.29, 1.82) is 0 Å². The van der Waals surface area contributed by atoms with Crippen molar-refractivity contribution in [2.24, 2.45) is 0 Å². The van der Waals surface area contributed by atoms with E-state index >= 15 is 0 Å². The highest BCUT2D eigenvalue weighted by Gasteiger charge is 2.51. The average Bonchev–Trinajstić information content (AvgIpc) is 3.79. The predicted molar refractivity (Wildman–Crippen MR) is 222 cm³/mol. The van der Waals surface area contributed by atoms with Gasteiger partial charge in [0.1, 0.15) is 0 Å². The van der Waals surface area contributed by atoms with E-state index in [1.165, 1.54) is 66.8 Å². The van der Waals surface area contributed by atoms with Crippen molar-refractivity contribution in [3.63, 3.8) is 0 Å². The van der Waals surface area contributed by atoms with E-state index in [-0.39, 0.29) is 5.41 Å². The molecule has 0 amide bonds. The van der Waals surface area contributed by atoms with E-state index in [2.05, 4.69) is 164 Å². The van der Waals surface area contributed by atoms with Crippen LogP contribution in [0.1, 0.15) is 47.2 Å². The number of hydrogen-bond donors (Lipinski definition) is 0. The summed E-state index contributed by atoms with van der Waals surface area (Å²) < 4.78 is 12.8. The van der Waals surface area contributed by atoms with Crippen molar-refractivity contribution in [2.45, 2.75) is 24.7 Å². The fourth-order valence-corrected chi connectivity index (χ4v) is 10.2. The SMILES string of the molecule is CC1(C)c2ccccc2-c2ccc(N(c3ccc4c(c3)Oc3ccccc3O4)c3ccc4c(c3)C3(c5ccccc5-c5ccccc53)c3ccccc3-4)cc21. The molecule has 0 fully saturated rings. The largest absolute Gasteiger partial charge is 0.450 e. The zero-order chi connectivity index (χ0) is 36.5. The Kier molecular flexibility index (Phi) is 6.05. The summed E-state index contributed by atoms with van der Waals surface area (Å²) in [6, 6.07) is 64.1. The number of nitrogens with zero attached hydrogens (tertiary/aromatic N) is 1. The Labute approximate surface area is 320 Å². The summed E-state index contributed by atoms with van der Waals surface area (Å²) in [5.41, 5.74) is 18.3. The highest BCUT2D eigenvalue weighted by molar-refractivity contribution is 5.96. The maximum Gasteiger partial charge on any atom is 0.172 e. The lowest BCUT2D eigenvalue weighted by atomic mass is 9.70. The van der Waals surface area contributed by atoms with Gasteiger partial charge in [0.05, 0.1) is 11.1 Å². The van der Waals surface area contributed by atoms with Gasteiger partial charge in [-0.2, -0.15) is 0 Å². The summed E-state index contributed by atoms with van der Waals surface area (Å²) in [6.07, 6.45) is 0. The van der Waals surface area contributed by atoms with Crippen molar-refractivity contribution < 1.29 is 9.47 Å². The van der Waals surface area contributed by atoms with Crippen LogP contribution >= 0.6 is 0 Å². The van der Waals surface area contributed by atoms with Crippen molar-refractivity contribution in [1.82, 2.24) is 0 Å². The van der Waals surface area contributed by atoms with Crippen LogP contribution in [0, 0.1) is 0 Å². The van der Waals surface area contributed by atoms with Gasteiger partial charge in [-0.3, -0.25) is 0 Å². The van der Waals surface area contributed by atoms with E-state index in [1.54, 1.807) is 0 Å². The lowest BCUT2D eigenvalue weighted by molar-refractivity contribution is 0.360. The number of para-hydroxylation sites is 2. The fourth-order valence-electron chi connectivity index (χ4n) is 10.2. The topological polar surface area (TPSA) is 21.7 Å². The smallest absolute Gasteiger partial charge is 0.172 e. The van der Waals surface area contributed by atoms with E-state index in [9.17, 15) is 0 Å². The van der Waals surface area contributed by atoms with Crippen LogP contribution in [0.25, 0.3) is 33.4 Å². The fraction of sp³-hybridized carbons (Fsp3) is 0.0769. The molecule has 0 saturated heterocycles. The van der Waals surface area contributed by atoms with Gasteiger partial charge in [0.15, 0.2) is 23.0 Å². The Morgan fingerprint density at radius 3 is 1.29 bits per heavy atom. The lowest BCUT2D eigenvalue weighted by Crippen LogP contribution is -2.26. The van der Waals surface area contributed by atoms with Gasteiger partial charge >= 0.3 is 0 Å². The second-order valence-electron chi connectivity index (χ2n) is 15.6. The number of rotatable bonds is 3. The zero-order valence-electron chi connectivity index (χ0n) is 30.5. The minimum absolute atomic E-state index is 0.148. The molecule has 0 atom stereocenters. The third-order valence-corrected chi connectivity index (χ3v) is 12.5. The molecule has 0 bridgehead atoms. The number of hydrogen-bond acceptors (Lipinski definition) is 3. The quantitative estimate of drug-likeness (QED) is 0.183. The molecular formula is C52H35NO2. The first-order valence-electron chi connectivity index (χ1n) is 19.1. The van der Waals surface area contributed by atoms with Crippen molar-refractivity contribution >= 4 is 17.1 Å². The first-order chi connectivity index (χ1) is 27.0. The predicted octanol–water partition coefficient (Wildman–Crippen LogP) is 13.7. The average molecular weight is 706 g/mol. The molecule has 0 radical (unpaired) electrons. The number of ether oxygens (including phenoxy) is 2. The Bertz CT molecular complexity index is 2870. The molecule has 4 aliphatic rings. The molecule has 0 N–H and O–H groups in total. The molecule has 55 heavy (non-hydrogen) atoms. The monoisotopic (exact) mass is 705 g/mol. The molecule has 0 aromatic heterocycles. The van der Waals surface area contributed by atoms with Gasteiger partial charge in [-0.15, -0.1) is 0 Å². The summed E-state index contributed by atoms with van der Waals surface area (Å²) in [7, 11) is 0. The number of fused-ring (bicyclic) bond motifs is 15. The van der Waals surface area contributed by atoms with Gasteiger partial charge in [-0.05, 0) is 115 Å². The lowest BCUT2D eigenvalue weighted by Gasteiger charge is -2.33. The van der Waals surface area contributed by atoms with Gasteiger partial charge in [-0.25, -0.2) is 0 Å². The van der Waals surface area contributed by atoms with Crippen molar-refractivity contribution in [2.75, 3.05) is 4.90 Å². The van der Waals surface area contributed by atoms with Crippen LogP contribution in [0.15, 0.2) is 176 Å².